The Bertz CT molecular complexity index is 1540. The third-order valence-electron chi connectivity index (χ3n) is 6.33. The van der Waals surface area contributed by atoms with Crippen LogP contribution in [0.2, 0.25) is 0 Å². The van der Waals surface area contributed by atoms with Crippen molar-refractivity contribution in [3.8, 4) is 34.1 Å². The lowest BCUT2D eigenvalue weighted by molar-refractivity contribution is 0.0983. The van der Waals surface area contributed by atoms with E-state index in [0.717, 1.165) is 5.56 Å². The number of para-hydroxylation sites is 1. The summed E-state index contributed by atoms with van der Waals surface area (Å²) in [7, 11) is 3.04. The van der Waals surface area contributed by atoms with E-state index in [1.54, 1.807) is 15.6 Å². The van der Waals surface area contributed by atoms with E-state index >= 15 is 0 Å². The Morgan fingerprint density at radius 2 is 1.68 bits per heavy atom. The van der Waals surface area contributed by atoms with Gasteiger partial charge in [-0.15, -0.1) is 0 Å². The molecule has 0 fully saturated rings. The standard InChI is InChI=1S/C26H20N4O4/c1-14-8-10-15(11-9-14)21-24(31)27-23-16-6-4-5-7-18(16)29-25(30(23)28-21)17-12-13-19(33-2)22(34-3)20(17)26(29)32/h4-13,25H,1-3H3/t25-/m0/s1. The highest BCUT2D eigenvalue weighted by Crippen LogP contribution is 2.50. The number of anilines is 1. The van der Waals surface area contributed by atoms with Crippen molar-refractivity contribution in [2.45, 2.75) is 13.1 Å². The first-order chi connectivity index (χ1) is 16.5. The topological polar surface area (TPSA) is 86.6 Å². The summed E-state index contributed by atoms with van der Waals surface area (Å²) >= 11 is 0. The minimum Gasteiger partial charge on any atom is -0.493 e. The number of rotatable bonds is 3. The van der Waals surface area contributed by atoms with Gasteiger partial charge in [0.15, 0.2) is 29.2 Å². The van der Waals surface area contributed by atoms with Crippen molar-refractivity contribution >= 4 is 11.6 Å². The molecular formula is C26H20N4O4. The molecule has 8 heteroatoms. The maximum absolute atomic E-state index is 13.8. The molecule has 0 radical (unpaired) electrons. The van der Waals surface area contributed by atoms with Crippen molar-refractivity contribution < 1.29 is 14.3 Å². The zero-order valence-corrected chi connectivity index (χ0v) is 18.8. The van der Waals surface area contributed by atoms with Crippen molar-refractivity contribution in [1.82, 2.24) is 14.8 Å². The Labute approximate surface area is 195 Å². The number of methoxy groups -OCH3 is 2. The number of benzene rings is 3. The molecule has 2 aliphatic heterocycles. The molecule has 0 saturated carbocycles. The quantitative estimate of drug-likeness (QED) is 0.470. The van der Waals surface area contributed by atoms with Crippen LogP contribution < -0.4 is 19.9 Å². The zero-order chi connectivity index (χ0) is 23.6. The maximum atomic E-state index is 13.8. The Morgan fingerprint density at radius 3 is 2.41 bits per heavy atom. The number of hydrogen-bond donors (Lipinski definition) is 0. The van der Waals surface area contributed by atoms with E-state index in [9.17, 15) is 9.59 Å². The molecule has 1 aromatic heterocycles. The first-order valence-electron chi connectivity index (χ1n) is 10.8. The second-order valence-electron chi connectivity index (χ2n) is 8.23. The molecule has 0 unspecified atom stereocenters. The molecule has 1 amide bonds. The second kappa shape index (κ2) is 7.28. The van der Waals surface area contributed by atoms with E-state index < -0.39 is 11.7 Å². The van der Waals surface area contributed by atoms with E-state index in [4.69, 9.17) is 14.6 Å². The SMILES string of the molecule is COc1ccc2c(c1OC)C(=O)N1c3ccccc3-c3nc(=O)c(-c4ccc(C)cc4)nn3[C@@H]21. The molecule has 8 nitrogen and oxygen atoms in total. The molecule has 3 aromatic carbocycles. The van der Waals surface area contributed by atoms with Crippen LogP contribution in [0.3, 0.4) is 0 Å². The monoisotopic (exact) mass is 452 g/mol. The molecule has 0 saturated heterocycles. The fourth-order valence-electron chi connectivity index (χ4n) is 4.75. The molecule has 2 aliphatic rings. The number of aromatic nitrogens is 3. The largest absolute Gasteiger partial charge is 0.493 e. The number of nitrogens with zero attached hydrogens (tertiary/aromatic N) is 4. The van der Waals surface area contributed by atoms with Crippen LogP contribution in [0, 0.1) is 6.92 Å². The van der Waals surface area contributed by atoms with Gasteiger partial charge in [-0.1, -0.05) is 48.0 Å². The molecule has 34 heavy (non-hydrogen) atoms. The molecule has 1 atom stereocenters. The number of amides is 1. The summed E-state index contributed by atoms with van der Waals surface area (Å²) in [5, 5.41) is 4.76. The van der Waals surface area contributed by atoms with Crippen molar-refractivity contribution in [2.75, 3.05) is 19.1 Å². The van der Waals surface area contributed by atoms with Gasteiger partial charge in [0, 0.05) is 16.7 Å². The minimum absolute atomic E-state index is 0.226. The van der Waals surface area contributed by atoms with Gasteiger partial charge >= 0.3 is 0 Å². The van der Waals surface area contributed by atoms with Crippen LogP contribution in [0.1, 0.15) is 27.7 Å². The fraction of sp³-hybridized carbons (Fsp3) is 0.154. The summed E-state index contributed by atoms with van der Waals surface area (Å²) in [6.45, 7) is 1.98. The number of fused-ring (bicyclic) bond motifs is 8. The molecule has 0 aliphatic carbocycles. The molecule has 6 rings (SSSR count). The first kappa shape index (κ1) is 20.2. The van der Waals surface area contributed by atoms with E-state index in [1.165, 1.54) is 14.2 Å². The number of aryl methyl sites for hydroxylation is 1. The van der Waals surface area contributed by atoms with Crippen LogP contribution in [0.15, 0.2) is 65.5 Å². The minimum atomic E-state index is -0.621. The molecule has 0 N–H and O–H groups in total. The van der Waals surface area contributed by atoms with Gasteiger partial charge in [-0.3, -0.25) is 14.5 Å². The summed E-state index contributed by atoms with van der Waals surface area (Å²) in [6, 6.07) is 18.5. The summed E-state index contributed by atoms with van der Waals surface area (Å²) in [5.41, 5.74) is 3.97. The molecule has 3 heterocycles. The zero-order valence-electron chi connectivity index (χ0n) is 18.8. The third kappa shape index (κ3) is 2.65. The van der Waals surface area contributed by atoms with Crippen LogP contribution in [0.4, 0.5) is 5.69 Å². The normalized spacial score (nSPS) is 15.3. The van der Waals surface area contributed by atoms with Gasteiger partial charge in [-0.25, -0.2) is 4.68 Å². The molecule has 168 valence electrons. The molecule has 4 aromatic rings. The van der Waals surface area contributed by atoms with Crippen LogP contribution in [-0.2, 0) is 0 Å². The number of hydrogen-bond acceptors (Lipinski definition) is 6. The van der Waals surface area contributed by atoms with Crippen molar-refractivity contribution in [3.05, 3.63) is 87.7 Å². The Kier molecular flexibility index (Phi) is 4.32. The first-order valence-corrected chi connectivity index (χ1v) is 10.8. The third-order valence-corrected chi connectivity index (χ3v) is 6.33. The van der Waals surface area contributed by atoms with Crippen LogP contribution in [0.25, 0.3) is 22.6 Å². The average molecular weight is 452 g/mol. The highest BCUT2D eigenvalue weighted by molar-refractivity contribution is 6.15. The molecule has 0 spiro atoms. The molecular weight excluding hydrogens is 432 g/mol. The lowest BCUT2D eigenvalue weighted by Gasteiger charge is -2.34. The van der Waals surface area contributed by atoms with Crippen molar-refractivity contribution in [3.63, 3.8) is 0 Å². The molecule has 0 bridgehead atoms. The van der Waals surface area contributed by atoms with Gasteiger partial charge in [-0.2, -0.15) is 10.1 Å². The smallest absolute Gasteiger partial charge is 0.300 e. The Hall–Kier alpha value is -4.46. The van der Waals surface area contributed by atoms with Gasteiger partial charge in [0.05, 0.1) is 25.5 Å². The predicted octanol–water partition coefficient (Wildman–Crippen LogP) is 3.82. The van der Waals surface area contributed by atoms with Gasteiger partial charge in [0.1, 0.15) is 0 Å². The average Bonchev–Trinajstić information content (AvgIpc) is 3.16. The van der Waals surface area contributed by atoms with Crippen LogP contribution >= 0.6 is 0 Å². The van der Waals surface area contributed by atoms with E-state index in [2.05, 4.69) is 4.98 Å². The summed E-state index contributed by atoms with van der Waals surface area (Å²) in [5.74, 6) is 1.01. The summed E-state index contributed by atoms with van der Waals surface area (Å²) in [6.07, 6.45) is -0.621. The highest BCUT2D eigenvalue weighted by Gasteiger charge is 2.47. The van der Waals surface area contributed by atoms with Gasteiger partial charge in [0.2, 0.25) is 0 Å². The number of carbonyl (C=O) groups excluding carboxylic acids is 1. The van der Waals surface area contributed by atoms with Gasteiger partial charge < -0.3 is 9.47 Å². The summed E-state index contributed by atoms with van der Waals surface area (Å²) < 4.78 is 12.7. The van der Waals surface area contributed by atoms with E-state index in [1.807, 2.05) is 61.5 Å². The number of carbonyl (C=O) groups is 1. The maximum Gasteiger partial charge on any atom is 0.300 e. The Morgan fingerprint density at radius 1 is 0.912 bits per heavy atom. The van der Waals surface area contributed by atoms with E-state index in [0.29, 0.717) is 45.3 Å². The fourth-order valence-corrected chi connectivity index (χ4v) is 4.75. The van der Waals surface area contributed by atoms with Crippen molar-refractivity contribution in [1.29, 1.82) is 0 Å². The van der Waals surface area contributed by atoms with Gasteiger partial charge in [-0.05, 0) is 25.1 Å². The number of ether oxygens (including phenoxy) is 2. The lowest BCUT2D eigenvalue weighted by Crippen LogP contribution is -2.39. The summed E-state index contributed by atoms with van der Waals surface area (Å²) in [4.78, 5) is 33.0. The van der Waals surface area contributed by atoms with Crippen molar-refractivity contribution in [2.24, 2.45) is 0 Å². The highest BCUT2D eigenvalue weighted by atomic mass is 16.5. The predicted molar refractivity (Wildman–Crippen MR) is 126 cm³/mol. The van der Waals surface area contributed by atoms with Crippen LogP contribution in [-0.4, -0.2) is 34.9 Å². The van der Waals surface area contributed by atoms with E-state index in [-0.39, 0.29) is 11.6 Å². The lowest BCUT2D eigenvalue weighted by atomic mass is 10.0. The second-order valence-corrected chi connectivity index (χ2v) is 8.23. The Balaban J connectivity index is 1.67. The van der Waals surface area contributed by atoms with Crippen LogP contribution in [0.5, 0.6) is 11.5 Å². The van der Waals surface area contributed by atoms with Gasteiger partial charge in [0.25, 0.3) is 11.5 Å².